The first-order chi connectivity index (χ1) is 12.2. The van der Waals surface area contributed by atoms with E-state index in [0.29, 0.717) is 6.61 Å². The molecular weight excluding hydrogens is 316 g/mol. The second kappa shape index (κ2) is 7.96. The molecule has 6 nitrogen and oxygen atoms in total. The van der Waals surface area contributed by atoms with Gasteiger partial charge in [-0.2, -0.15) is 0 Å². The maximum absolute atomic E-state index is 11.8. The van der Waals surface area contributed by atoms with Gasteiger partial charge in [0, 0.05) is 24.8 Å². The number of anilines is 3. The van der Waals surface area contributed by atoms with Crippen LogP contribution >= 0.6 is 0 Å². The van der Waals surface area contributed by atoms with E-state index in [9.17, 15) is 4.79 Å². The second-order valence-electron chi connectivity index (χ2n) is 6.27. The Hall–Kier alpha value is -2.63. The molecule has 2 aromatic rings. The zero-order chi connectivity index (χ0) is 17.6. The van der Waals surface area contributed by atoms with Gasteiger partial charge in [0.1, 0.15) is 18.0 Å². The van der Waals surface area contributed by atoms with Gasteiger partial charge in [-0.05, 0) is 38.8 Å². The lowest BCUT2D eigenvalue weighted by Crippen LogP contribution is -2.37. The van der Waals surface area contributed by atoms with E-state index in [4.69, 9.17) is 4.74 Å². The minimum Gasteiger partial charge on any atom is -0.466 e. The van der Waals surface area contributed by atoms with Crippen molar-refractivity contribution >= 4 is 23.3 Å². The summed E-state index contributed by atoms with van der Waals surface area (Å²) in [6.07, 6.45) is 3.16. The topological polar surface area (TPSA) is 67.3 Å². The van der Waals surface area contributed by atoms with Gasteiger partial charge in [-0.15, -0.1) is 0 Å². The summed E-state index contributed by atoms with van der Waals surface area (Å²) in [6.45, 7) is 5.94. The lowest BCUT2D eigenvalue weighted by atomic mass is 9.97. The first-order valence-corrected chi connectivity index (χ1v) is 8.73. The Morgan fingerprint density at radius 2 is 1.96 bits per heavy atom. The molecule has 0 aliphatic carbocycles. The van der Waals surface area contributed by atoms with Gasteiger partial charge >= 0.3 is 5.97 Å². The van der Waals surface area contributed by atoms with Gasteiger partial charge in [-0.1, -0.05) is 17.7 Å². The van der Waals surface area contributed by atoms with Crippen LogP contribution in [0.25, 0.3) is 0 Å². The van der Waals surface area contributed by atoms with E-state index in [1.165, 1.54) is 5.56 Å². The van der Waals surface area contributed by atoms with E-state index in [1.807, 2.05) is 25.1 Å². The first-order valence-electron chi connectivity index (χ1n) is 8.73. The highest BCUT2D eigenvalue weighted by molar-refractivity contribution is 5.73. The number of hydrogen-bond donors (Lipinski definition) is 1. The van der Waals surface area contributed by atoms with E-state index < -0.39 is 0 Å². The Morgan fingerprint density at radius 3 is 2.64 bits per heavy atom. The Kier molecular flexibility index (Phi) is 5.48. The highest BCUT2D eigenvalue weighted by Gasteiger charge is 2.26. The molecule has 2 heterocycles. The summed E-state index contributed by atoms with van der Waals surface area (Å²) in [5.41, 5.74) is 2.22. The molecule has 1 aliphatic heterocycles. The Bertz CT molecular complexity index is 710. The summed E-state index contributed by atoms with van der Waals surface area (Å²) in [5.74, 6) is 1.57. The number of aryl methyl sites for hydroxylation is 1. The SMILES string of the molecule is CCOC(=O)C1CCN(c2cc(Nc3ccc(C)cc3)ncn2)CC1. The van der Waals surface area contributed by atoms with Crippen molar-refractivity contribution in [2.24, 2.45) is 5.92 Å². The fourth-order valence-electron chi connectivity index (χ4n) is 2.98. The molecule has 0 atom stereocenters. The smallest absolute Gasteiger partial charge is 0.309 e. The van der Waals surface area contributed by atoms with Gasteiger partial charge in [0.05, 0.1) is 12.5 Å². The number of rotatable bonds is 5. The highest BCUT2D eigenvalue weighted by atomic mass is 16.5. The molecule has 6 heteroatoms. The Balaban J connectivity index is 1.62. The van der Waals surface area contributed by atoms with Gasteiger partial charge in [0.2, 0.25) is 0 Å². The highest BCUT2D eigenvalue weighted by Crippen LogP contribution is 2.24. The third-order valence-electron chi connectivity index (χ3n) is 4.42. The van der Waals surface area contributed by atoms with Crippen LogP contribution in [-0.4, -0.2) is 35.6 Å². The van der Waals surface area contributed by atoms with Crippen LogP contribution in [0.2, 0.25) is 0 Å². The van der Waals surface area contributed by atoms with Gasteiger partial charge < -0.3 is 15.0 Å². The number of ether oxygens (including phenoxy) is 1. The quantitative estimate of drug-likeness (QED) is 0.842. The van der Waals surface area contributed by atoms with Crippen LogP contribution in [0, 0.1) is 12.8 Å². The lowest BCUT2D eigenvalue weighted by Gasteiger charge is -2.31. The van der Waals surface area contributed by atoms with Crippen molar-refractivity contribution in [1.29, 1.82) is 0 Å². The molecule has 25 heavy (non-hydrogen) atoms. The largest absolute Gasteiger partial charge is 0.466 e. The summed E-state index contributed by atoms with van der Waals surface area (Å²) in [5, 5.41) is 3.30. The average molecular weight is 340 g/mol. The number of esters is 1. The molecule has 1 aromatic heterocycles. The van der Waals surface area contributed by atoms with Crippen LogP contribution in [0.15, 0.2) is 36.7 Å². The van der Waals surface area contributed by atoms with Crippen LogP contribution in [0.4, 0.5) is 17.3 Å². The lowest BCUT2D eigenvalue weighted by molar-refractivity contribution is -0.148. The number of carbonyl (C=O) groups is 1. The van der Waals surface area contributed by atoms with Crippen molar-refractivity contribution in [3.8, 4) is 0 Å². The third-order valence-corrected chi connectivity index (χ3v) is 4.42. The van der Waals surface area contributed by atoms with E-state index in [0.717, 1.165) is 43.3 Å². The van der Waals surface area contributed by atoms with E-state index in [1.54, 1.807) is 6.33 Å². The summed E-state index contributed by atoms with van der Waals surface area (Å²) in [4.78, 5) is 22.7. The molecule has 0 saturated carbocycles. The minimum absolute atomic E-state index is 0.00295. The molecule has 0 bridgehead atoms. The summed E-state index contributed by atoms with van der Waals surface area (Å²) in [6, 6.07) is 10.1. The van der Waals surface area contributed by atoms with Gasteiger partial charge in [-0.25, -0.2) is 9.97 Å². The summed E-state index contributed by atoms with van der Waals surface area (Å²) < 4.78 is 5.12. The molecule has 0 amide bonds. The van der Waals surface area contributed by atoms with Crippen LogP contribution < -0.4 is 10.2 Å². The van der Waals surface area contributed by atoms with E-state index >= 15 is 0 Å². The maximum atomic E-state index is 11.8. The molecule has 1 N–H and O–H groups in total. The maximum Gasteiger partial charge on any atom is 0.309 e. The molecule has 0 spiro atoms. The van der Waals surface area contributed by atoms with Crippen molar-refractivity contribution in [2.45, 2.75) is 26.7 Å². The number of nitrogens with zero attached hydrogens (tertiary/aromatic N) is 3. The summed E-state index contributed by atoms with van der Waals surface area (Å²) >= 11 is 0. The molecule has 0 radical (unpaired) electrons. The molecule has 0 unspecified atom stereocenters. The molecule has 132 valence electrons. The number of aromatic nitrogens is 2. The number of benzene rings is 1. The molecule has 1 saturated heterocycles. The van der Waals surface area contributed by atoms with Crippen LogP contribution in [0.3, 0.4) is 0 Å². The van der Waals surface area contributed by atoms with Crippen molar-refractivity contribution < 1.29 is 9.53 Å². The zero-order valence-corrected chi connectivity index (χ0v) is 14.7. The molecule has 3 rings (SSSR count). The number of carbonyl (C=O) groups excluding carboxylic acids is 1. The monoisotopic (exact) mass is 340 g/mol. The van der Waals surface area contributed by atoms with Crippen LogP contribution in [0.5, 0.6) is 0 Å². The normalized spacial score (nSPS) is 15.0. The first kappa shape index (κ1) is 17.2. The zero-order valence-electron chi connectivity index (χ0n) is 14.7. The van der Waals surface area contributed by atoms with Crippen molar-refractivity contribution in [3.05, 3.63) is 42.2 Å². The predicted octanol–water partition coefficient (Wildman–Crippen LogP) is 3.31. The Morgan fingerprint density at radius 1 is 1.24 bits per heavy atom. The average Bonchev–Trinajstić information content (AvgIpc) is 2.64. The van der Waals surface area contributed by atoms with Gasteiger partial charge in [0.15, 0.2) is 0 Å². The predicted molar refractivity (Wildman–Crippen MR) is 98.1 cm³/mol. The minimum atomic E-state index is -0.0773. The number of piperidine rings is 1. The van der Waals surface area contributed by atoms with Crippen molar-refractivity contribution in [1.82, 2.24) is 9.97 Å². The van der Waals surface area contributed by atoms with E-state index in [-0.39, 0.29) is 11.9 Å². The fourth-order valence-corrected chi connectivity index (χ4v) is 2.98. The number of hydrogen-bond acceptors (Lipinski definition) is 6. The van der Waals surface area contributed by atoms with Crippen LogP contribution in [0.1, 0.15) is 25.3 Å². The van der Waals surface area contributed by atoms with E-state index in [2.05, 4.69) is 39.2 Å². The second-order valence-corrected chi connectivity index (χ2v) is 6.27. The molecule has 1 fully saturated rings. The Labute approximate surface area is 148 Å². The number of nitrogens with one attached hydrogen (secondary N) is 1. The molecule has 1 aliphatic rings. The molecular formula is C19H24N4O2. The molecule has 1 aromatic carbocycles. The fraction of sp³-hybridized carbons (Fsp3) is 0.421. The standard InChI is InChI=1S/C19H24N4O2/c1-3-25-19(24)15-8-10-23(11-9-15)18-12-17(20-13-21-18)22-16-6-4-14(2)5-7-16/h4-7,12-13,15H,3,8-11H2,1-2H3,(H,20,21,22). The van der Waals surface area contributed by atoms with Crippen molar-refractivity contribution in [2.75, 3.05) is 29.9 Å². The van der Waals surface area contributed by atoms with Gasteiger partial charge in [0.25, 0.3) is 0 Å². The van der Waals surface area contributed by atoms with Crippen LogP contribution in [-0.2, 0) is 9.53 Å². The third kappa shape index (κ3) is 4.47. The van der Waals surface area contributed by atoms with Gasteiger partial charge in [-0.3, -0.25) is 4.79 Å². The van der Waals surface area contributed by atoms with Crippen molar-refractivity contribution in [3.63, 3.8) is 0 Å². The summed E-state index contributed by atoms with van der Waals surface area (Å²) in [7, 11) is 0.